The number of benzene rings is 1. The predicted molar refractivity (Wildman–Crippen MR) is 106 cm³/mol. The number of nitrogens with zero attached hydrogens (tertiary/aromatic N) is 2. The topological polar surface area (TPSA) is 40.6 Å². The van der Waals surface area contributed by atoms with Crippen LogP contribution < -0.4 is 0 Å². The van der Waals surface area contributed by atoms with Gasteiger partial charge in [-0.3, -0.25) is 9.80 Å². The van der Waals surface area contributed by atoms with E-state index in [2.05, 4.69) is 5.01 Å². The van der Waals surface area contributed by atoms with Crippen LogP contribution >= 0.6 is 0 Å². The summed E-state index contributed by atoms with van der Waals surface area (Å²) in [5.41, 5.74) is 0.763. The summed E-state index contributed by atoms with van der Waals surface area (Å²) < 4.78 is 0. The number of hydrogen-bond acceptors (Lipinski definition) is 3. The van der Waals surface area contributed by atoms with Crippen LogP contribution in [0, 0.1) is 30.6 Å². The third-order valence-electron chi connectivity index (χ3n) is 7.33. The first-order chi connectivity index (χ1) is 12.8. The summed E-state index contributed by atoms with van der Waals surface area (Å²) >= 11 is 0. The van der Waals surface area contributed by atoms with Gasteiger partial charge >= 0.3 is 0 Å². The van der Waals surface area contributed by atoms with E-state index in [1.54, 1.807) is 5.01 Å². The van der Waals surface area contributed by atoms with E-state index >= 15 is 0 Å². The van der Waals surface area contributed by atoms with Crippen LogP contribution in [0.15, 0.2) is 24.3 Å². The molecule has 4 aliphatic rings. The Kier molecular flexibility index (Phi) is 4.66. The maximum Gasteiger partial charge on any atom is 0.269 e. The van der Waals surface area contributed by atoms with Gasteiger partial charge in [-0.05, 0) is 88.2 Å². The number of carbonyl (C=O) groups is 2. The number of hydrazine groups is 1. The van der Waals surface area contributed by atoms with Crippen molar-refractivity contribution in [2.24, 2.45) is 23.7 Å². The Morgan fingerprint density at radius 2 is 1.59 bits per heavy atom. The molecule has 0 radical (unpaired) electrons. The Balaban J connectivity index is 1.68. The second-order valence-corrected chi connectivity index (χ2v) is 9.70. The van der Waals surface area contributed by atoms with E-state index in [1.807, 2.05) is 52.1 Å². The normalized spacial score (nSPS) is 32.0. The van der Waals surface area contributed by atoms with Gasteiger partial charge in [0, 0.05) is 18.7 Å². The predicted octanol–water partition coefficient (Wildman–Crippen LogP) is 4.09. The molecule has 1 aromatic carbocycles. The molecule has 27 heavy (non-hydrogen) atoms. The first kappa shape index (κ1) is 18.7. The molecule has 0 saturated heterocycles. The Bertz CT molecular complexity index is 714. The molecule has 5 rings (SSSR count). The van der Waals surface area contributed by atoms with E-state index in [0.29, 0.717) is 23.4 Å². The van der Waals surface area contributed by atoms with E-state index in [-0.39, 0.29) is 5.91 Å². The van der Waals surface area contributed by atoms with E-state index in [0.717, 1.165) is 23.7 Å². The summed E-state index contributed by atoms with van der Waals surface area (Å²) in [6.45, 7) is 5.66. The molecule has 0 atom stereocenters. The van der Waals surface area contributed by atoms with Gasteiger partial charge in [0.15, 0.2) is 0 Å². The molecule has 4 aliphatic carbocycles. The maximum atomic E-state index is 13.6. The van der Waals surface area contributed by atoms with E-state index < -0.39 is 5.54 Å². The Hall–Kier alpha value is -1.68. The standard InChI is InChI=1S/C23H32N2O2/c1-15-7-5-6-8-20(15)22(27)25(23(2,3)14-26)24(4)21-18-10-16-9-17(12-18)13-19(21)11-16/h5-8,14,16-19,21H,9-13H2,1-4H3. The monoisotopic (exact) mass is 368 g/mol. The van der Waals surface area contributed by atoms with Crippen molar-refractivity contribution < 1.29 is 9.59 Å². The molecule has 4 heteroatoms. The highest BCUT2D eigenvalue weighted by Gasteiger charge is 2.52. The van der Waals surface area contributed by atoms with Crippen LogP contribution in [0.3, 0.4) is 0 Å². The minimum atomic E-state index is -0.872. The highest BCUT2D eigenvalue weighted by molar-refractivity contribution is 5.97. The SMILES string of the molecule is Cc1ccccc1C(=O)N(N(C)C1C2CC3CC(C2)CC1C3)C(C)(C)C=O. The summed E-state index contributed by atoms with van der Waals surface area (Å²) in [7, 11) is 2.04. The van der Waals surface area contributed by atoms with Gasteiger partial charge in [-0.25, -0.2) is 5.01 Å². The Labute approximate surface area is 162 Å². The Morgan fingerprint density at radius 3 is 2.11 bits per heavy atom. The number of hydrogen-bond donors (Lipinski definition) is 0. The van der Waals surface area contributed by atoms with Crippen LogP contribution in [0.4, 0.5) is 0 Å². The molecule has 1 aromatic rings. The summed E-state index contributed by atoms with van der Waals surface area (Å²) in [4.78, 5) is 25.5. The van der Waals surface area contributed by atoms with Gasteiger partial charge in [0.2, 0.25) is 0 Å². The molecule has 4 fully saturated rings. The zero-order valence-electron chi connectivity index (χ0n) is 17.0. The summed E-state index contributed by atoms with van der Waals surface area (Å²) in [5, 5.41) is 3.89. The maximum absolute atomic E-state index is 13.6. The average Bonchev–Trinajstić information content (AvgIpc) is 2.61. The highest BCUT2D eigenvalue weighted by atomic mass is 16.2. The van der Waals surface area contributed by atoms with Crippen molar-refractivity contribution in [2.75, 3.05) is 7.05 Å². The molecule has 4 bridgehead atoms. The third kappa shape index (κ3) is 3.12. The first-order valence-electron chi connectivity index (χ1n) is 10.4. The van der Waals surface area contributed by atoms with Crippen molar-refractivity contribution in [1.82, 2.24) is 10.0 Å². The molecular formula is C23H32N2O2. The van der Waals surface area contributed by atoms with Crippen LogP contribution in [-0.4, -0.2) is 40.8 Å². The first-order valence-corrected chi connectivity index (χ1v) is 10.4. The molecule has 0 heterocycles. The van der Waals surface area contributed by atoms with Crippen LogP contribution in [0.1, 0.15) is 61.9 Å². The largest absolute Gasteiger partial charge is 0.301 e. The lowest BCUT2D eigenvalue weighted by atomic mass is 9.54. The molecule has 0 aliphatic heterocycles. The van der Waals surface area contributed by atoms with Crippen LogP contribution in [0.2, 0.25) is 0 Å². The number of amides is 1. The fraction of sp³-hybridized carbons (Fsp3) is 0.652. The van der Waals surface area contributed by atoms with Gasteiger partial charge in [-0.2, -0.15) is 0 Å². The summed E-state index contributed by atoms with van der Waals surface area (Å²) in [5.74, 6) is 3.01. The van der Waals surface area contributed by atoms with Crippen molar-refractivity contribution in [1.29, 1.82) is 0 Å². The van der Waals surface area contributed by atoms with Crippen molar-refractivity contribution in [2.45, 2.75) is 64.5 Å². The van der Waals surface area contributed by atoms with Crippen molar-refractivity contribution in [3.63, 3.8) is 0 Å². The van der Waals surface area contributed by atoms with E-state index in [9.17, 15) is 9.59 Å². The molecular weight excluding hydrogens is 336 g/mol. The van der Waals surface area contributed by atoms with Crippen molar-refractivity contribution in [3.05, 3.63) is 35.4 Å². The minimum Gasteiger partial charge on any atom is -0.301 e. The van der Waals surface area contributed by atoms with Gasteiger partial charge in [0.05, 0.1) is 0 Å². The van der Waals surface area contributed by atoms with E-state index in [4.69, 9.17) is 0 Å². The third-order valence-corrected chi connectivity index (χ3v) is 7.33. The highest BCUT2D eigenvalue weighted by Crippen LogP contribution is 2.55. The van der Waals surface area contributed by atoms with Crippen LogP contribution in [-0.2, 0) is 4.79 Å². The zero-order valence-corrected chi connectivity index (χ0v) is 17.0. The second kappa shape index (κ2) is 6.73. The van der Waals surface area contributed by atoms with Gasteiger partial charge in [0.1, 0.15) is 11.8 Å². The lowest BCUT2D eigenvalue weighted by Gasteiger charge is -2.59. The fourth-order valence-electron chi connectivity index (χ4n) is 6.43. The second-order valence-electron chi connectivity index (χ2n) is 9.70. The minimum absolute atomic E-state index is 0.0680. The summed E-state index contributed by atoms with van der Waals surface area (Å²) in [6.07, 6.45) is 7.47. The molecule has 146 valence electrons. The lowest BCUT2D eigenvalue weighted by molar-refractivity contribution is -0.154. The number of aryl methyl sites for hydroxylation is 1. The molecule has 0 unspecified atom stereocenters. The van der Waals surface area contributed by atoms with Crippen molar-refractivity contribution in [3.8, 4) is 0 Å². The van der Waals surface area contributed by atoms with Gasteiger partial charge in [-0.1, -0.05) is 18.2 Å². The Morgan fingerprint density at radius 1 is 1.04 bits per heavy atom. The van der Waals surface area contributed by atoms with E-state index in [1.165, 1.54) is 32.1 Å². The van der Waals surface area contributed by atoms with Crippen LogP contribution in [0.5, 0.6) is 0 Å². The number of rotatable bonds is 5. The van der Waals surface area contributed by atoms with Crippen LogP contribution in [0.25, 0.3) is 0 Å². The molecule has 0 aromatic heterocycles. The molecule has 0 N–H and O–H groups in total. The van der Waals surface area contributed by atoms with Gasteiger partial charge in [0.25, 0.3) is 5.91 Å². The van der Waals surface area contributed by atoms with Crippen molar-refractivity contribution >= 4 is 12.2 Å². The molecule has 4 saturated carbocycles. The average molecular weight is 369 g/mol. The lowest BCUT2D eigenvalue weighted by Crippen LogP contribution is -2.65. The van der Waals surface area contributed by atoms with Gasteiger partial charge in [-0.15, -0.1) is 0 Å². The zero-order chi connectivity index (χ0) is 19.3. The molecule has 0 spiro atoms. The molecule has 4 nitrogen and oxygen atoms in total. The summed E-state index contributed by atoms with van der Waals surface area (Å²) in [6, 6.07) is 8.04. The molecule has 1 amide bonds. The fourth-order valence-corrected chi connectivity index (χ4v) is 6.43. The number of aldehydes is 1. The number of carbonyl (C=O) groups excluding carboxylic acids is 2. The quantitative estimate of drug-likeness (QED) is 0.581. The van der Waals surface area contributed by atoms with Gasteiger partial charge < -0.3 is 4.79 Å². The smallest absolute Gasteiger partial charge is 0.269 e.